The summed E-state index contributed by atoms with van der Waals surface area (Å²) in [6.45, 7) is 1.58. The number of pyridine rings is 1. The molecule has 0 bridgehead atoms. The molecule has 138 valence electrons. The van der Waals surface area contributed by atoms with Crippen LogP contribution in [0.15, 0.2) is 35.4 Å². The zero-order valence-electron chi connectivity index (χ0n) is 13.9. The molecule has 2 unspecified atom stereocenters. The van der Waals surface area contributed by atoms with E-state index >= 15 is 0 Å². The van der Waals surface area contributed by atoms with Crippen molar-refractivity contribution < 1.29 is 23.2 Å². The number of carboxylic acid groups (broad SMARTS) is 1. The van der Waals surface area contributed by atoms with Crippen molar-refractivity contribution in [1.82, 2.24) is 9.29 Å². The number of hydrogen-bond donors (Lipinski definition) is 1. The molecule has 10 heteroatoms. The number of aliphatic carboxylic acids is 1. The van der Waals surface area contributed by atoms with Crippen LogP contribution in [0, 0.1) is 16.0 Å². The van der Waals surface area contributed by atoms with E-state index in [2.05, 4.69) is 4.98 Å². The third-order valence-corrected chi connectivity index (χ3v) is 6.68. The number of aromatic nitrogens is 1. The van der Waals surface area contributed by atoms with E-state index in [1.54, 1.807) is 6.92 Å². The smallest absolute Gasteiger partial charge is 0.307 e. The molecule has 1 aliphatic heterocycles. The zero-order chi connectivity index (χ0) is 19.1. The summed E-state index contributed by atoms with van der Waals surface area (Å²) >= 11 is 0. The van der Waals surface area contributed by atoms with Crippen LogP contribution in [-0.4, -0.2) is 46.3 Å². The van der Waals surface area contributed by atoms with Crippen molar-refractivity contribution in [3.05, 3.63) is 40.6 Å². The van der Waals surface area contributed by atoms with Gasteiger partial charge in [0.2, 0.25) is 10.0 Å². The average molecular weight is 379 g/mol. The van der Waals surface area contributed by atoms with E-state index in [0.717, 1.165) is 10.4 Å². The van der Waals surface area contributed by atoms with Gasteiger partial charge in [-0.2, -0.15) is 4.31 Å². The van der Waals surface area contributed by atoms with Gasteiger partial charge in [0.05, 0.1) is 21.7 Å². The second-order valence-corrected chi connectivity index (χ2v) is 8.13. The van der Waals surface area contributed by atoms with Crippen molar-refractivity contribution in [2.45, 2.75) is 30.7 Å². The minimum absolute atomic E-state index is 0.00588. The van der Waals surface area contributed by atoms with Crippen molar-refractivity contribution >= 4 is 32.6 Å². The Labute approximate surface area is 149 Å². The fraction of sp³-hybridized carbons (Fsp3) is 0.375. The second kappa shape index (κ2) is 6.61. The van der Waals surface area contributed by atoms with Gasteiger partial charge in [0.1, 0.15) is 4.90 Å². The summed E-state index contributed by atoms with van der Waals surface area (Å²) < 4.78 is 27.5. The Bertz CT molecular complexity index is 991. The van der Waals surface area contributed by atoms with Crippen molar-refractivity contribution in [3.63, 3.8) is 0 Å². The lowest BCUT2D eigenvalue weighted by atomic mass is 9.96. The first-order chi connectivity index (χ1) is 12.2. The summed E-state index contributed by atoms with van der Waals surface area (Å²) in [7, 11) is -4.06. The third-order valence-electron chi connectivity index (χ3n) is 4.67. The highest BCUT2D eigenvalue weighted by Crippen LogP contribution is 2.34. The summed E-state index contributed by atoms with van der Waals surface area (Å²) in [5.74, 6) is -1.82. The van der Waals surface area contributed by atoms with E-state index in [1.807, 2.05) is 0 Å². The lowest BCUT2D eigenvalue weighted by Crippen LogP contribution is -2.47. The second-order valence-electron chi connectivity index (χ2n) is 6.28. The predicted molar refractivity (Wildman–Crippen MR) is 92.1 cm³/mol. The molecule has 1 aliphatic rings. The Morgan fingerprint density at radius 1 is 1.35 bits per heavy atom. The maximum absolute atomic E-state index is 13.2. The highest BCUT2D eigenvalue weighted by molar-refractivity contribution is 7.89. The number of hydrogen-bond acceptors (Lipinski definition) is 6. The molecule has 3 rings (SSSR count). The van der Waals surface area contributed by atoms with Gasteiger partial charge in [0.25, 0.3) is 5.69 Å². The van der Waals surface area contributed by atoms with E-state index in [0.29, 0.717) is 12.8 Å². The van der Waals surface area contributed by atoms with E-state index in [4.69, 9.17) is 0 Å². The zero-order valence-corrected chi connectivity index (χ0v) is 14.7. The fourth-order valence-electron chi connectivity index (χ4n) is 3.24. The van der Waals surface area contributed by atoms with Crippen LogP contribution < -0.4 is 0 Å². The largest absolute Gasteiger partial charge is 0.481 e. The number of fused-ring (bicyclic) bond motifs is 1. The first kappa shape index (κ1) is 18.2. The third kappa shape index (κ3) is 3.01. The van der Waals surface area contributed by atoms with Crippen LogP contribution in [-0.2, 0) is 14.8 Å². The molecule has 26 heavy (non-hydrogen) atoms. The molecule has 1 N–H and O–H groups in total. The number of nitro groups is 1. The van der Waals surface area contributed by atoms with Gasteiger partial charge >= 0.3 is 5.97 Å². The van der Waals surface area contributed by atoms with E-state index in [-0.39, 0.29) is 34.1 Å². The number of nitrogens with zero attached hydrogens (tertiary/aromatic N) is 3. The van der Waals surface area contributed by atoms with Crippen LogP contribution in [0.5, 0.6) is 0 Å². The Balaban J connectivity index is 2.14. The number of benzene rings is 1. The van der Waals surface area contributed by atoms with Crippen LogP contribution in [0.4, 0.5) is 5.69 Å². The summed E-state index contributed by atoms with van der Waals surface area (Å²) in [4.78, 5) is 25.8. The van der Waals surface area contributed by atoms with Gasteiger partial charge in [0.15, 0.2) is 0 Å². The number of carboxylic acids is 1. The lowest BCUT2D eigenvalue weighted by molar-refractivity contribution is -0.383. The summed E-state index contributed by atoms with van der Waals surface area (Å²) in [5.41, 5.74) is -0.228. The number of sulfonamides is 1. The number of carbonyl (C=O) groups is 1. The highest BCUT2D eigenvalue weighted by atomic mass is 32.2. The number of nitro benzene ring substituents is 1. The standard InChI is InChI=1S/C16H17N3O6S/c1-10-4-5-11(16(20)21)9-18(10)26(24,25)14-7-6-13(19(22)23)12-3-2-8-17-15(12)14/h2-3,6-8,10-11H,4-5,9H2,1H3,(H,20,21). The van der Waals surface area contributed by atoms with Crippen molar-refractivity contribution in [2.24, 2.45) is 5.92 Å². The molecular formula is C16H17N3O6S. The molecule has 1 fully saturated rings. The highest BCUT2D eigenvalue weighted by Gasteiger charge is 2.38. The molecule has 0 spiro atoms. The molecule has 2 atom stereocenters. The van der Waals surface area contributed by atoms with Gasteiger partial charge < -0.3 is 5.11 Å². The van der Waals surface area contributed by atoms with Crippen LogP contribution in [0.3, 0.4) is 0 Å². The van der Waals surface area contributed by atoms with E-state index in [1.165, 1.54) is 24.4 Å². The van der Waals surface area contributed by atoms with Crippen molar-refractivity contribution in [3.8, 4) is 0 Å². The molecule has 1 aromatic heterocycles. The summed E-state index contributed by atoms with van der Waals surface area (Å²) in [6.07, 6.45) is 2.20. The molecule has 2 aromatic rings. The van der Waals surface area contributed by atoms with Gasteiger partial charge in [-0.15, -0.1) is 0 Å². The molecule has 1 saturated heterocycles. The minimum Gasteiger partial charge on any atom is -0.481 e. The van der Waals surface area contributed by atoms with Crippen molar-refractivity contribution in [2.75, 3.05) is 6.54 Å². The van der Waals surface area contributed by atoms with Crippen molar-refractivity contribution in [1.29, 1.82) is 0 Å². The predicted octanol–water partition coefficient (Wildman–Crippen LogP) is 2.02. The first-order valence-electron chi connectivity index (χ1n) is 8.00. The van der Waals surface area contributed by atoms with Gasteiger partial charge in [-0.3, -0.25) is 19.9 Å². The number of piperidine rings is 1. The quantitative estimate of drug-likeness (QED) is 0.635. The van der Waals surface area contributed by atoms with Gasteiger partial charge in [0, 0.05) is 24.8 Å². The average Bonchev–Trinajstić information content (AvgIpc) is 2.60. The Morgan fingerprint density at radius 3 is 2.73 bits per heavy atom. The maximum atomic E-state index is 13.2. The molecule has 0 amide bonds. The van der Waals surface area contributed by atoms with E-state index in [9.17, 15) is 28.4 Å². The van der Waals surface area contributed by atoms with Gasteiger partial charge in [-0.05, 0) is 38.0 Å². The molecule has 2 heterocycles. The maximum Gasteiger partial charge on any atom is 0.307 e. The Kier molecular flexibility index (Phi) is 4.63. The first-order valence-corrected chi connectivity index (χ1v) is 9.44. The molecule has 1 aromatic carbocycles. The normalized spacial score (nSPS) is 21.6. The molecule has 0 aliphatic carbocycles. The summed E-state index contributed by atoms with van der Waals surface area (Å²) in [5, 5.41) is 20.6. The lowest BCUT2D eigenvalue weighted by Gasteiger charge is -2.35. The monoisotopic (exact) mass is 379 g/mol. The van der Waals surface area contributed by atoms with Gasteiger partial charge in [-0.25, -0.2) is 8.42 Å². The fourth-order valence-corrected chi connectivity index (χ4v) is 5.09. The Hall–Kier alpha value is -2.59. The van der Waals surface area contributed by atoms with Crippen LogP contribution in [0.25, 0.3) is 10.9 Å². The molecule has 0 saturated carbocycles. The number of non-ortho nitro benzene ring substituents is 1. The molecule has 0 radical (unpaired) electrons. The van der Waals surface area contributed by atoms with Crippen LogP contribution in [0.2, 0.25) is 0 Å². The van der Waals surface area contributed by atoms with Gasteiger partial charge in [-0.1, -0.05) is 0 Å². The van der Waals surface area contributed by atoms with E-state index < -0.39 is 26.8 Å². The molecule has 9 nitrogen and oxygen atoms in total. The SMILES string of the molecule is CC1CCC(C(=O)O)CN1S(=O)(=O)c1ccc([N+](=O)[O-])c2cccnc12. The topological polar surface area (TPSA) is 131 Å². The van der Waals surface area contributed by atoms with Crippen LogP contribution in [0.1, 0.15) is 19.8 Å². The van der Waals surface area contributed by atoms with Crippen LogP contribution >= 0.6 is 0 Å². The Morgan fingerprint density at radius 2 is 2.08 bits per heavy atom. The minimum atomic E-state index is -4.06. The number of rotatable bonds is 4. The molecular weight excluding hydrogens is 362 g/mol. The summed E-state index contributed by atoms with van der Waals surface area (Å²) in [6, 6.07) is 4.87.